The number of hydrogen-bond donors (Lipinski definition) is 3. The molecule has 222 valence electrons. The molecule has 1 fully saturated rings. The number of halogens is 2. The van der Waals surface area contributed by atoms with Gasteiger partial charge in [0.25, 0.3) is 5.88 Å². The van der Waals surface area contributed by atoms with Crippen molar-refractivity contribution in [3.8, 4) is 28.1 Å². The maximum absolute atomic E-state index is 12.3. The molecule has 0 spiro atoms. The van der Waals surface area contributed by atoms with E-state index < -0.39 is 11.6 Å². The Labute approximate surface area is 253 Å². The summed E-state index contributed by atoms with van der Waals surface area (Å²) in [5, 5.41) is 0.981. The SMILES string of the molecule is COOc1ncc(-c2ccc3nc(N)c(-c4ccc(CN5CCOCC5)cc4)cc3c2)cc1N.Fc1ccc(S)c(F)c1. The molecule has 0 unspecified atom stereocenters. The first kappa shape index (κ1) is 30.2. The van der Waals surface area contributed by atoms with Gasteiger partial charge in [0.2, 0.25) is 0 Å². The van der Waals surface area contributed by atoms with Crippen LogP contribution in [-0.2, 0) is 16.2 Å². The summed E-state index contributed by atoms with van der Waals surface area (Å²) in [5.74, 6) is -0.461. The number of ether oxygens (including phenoxy) is 1. The van der Waals surface area contributed by atoms with Gasteiger partial charge in [0.1, 0.15) is 17.5 Å². The molecular weight excluding hydrogens is 572 g/mol. The van der Waals surface area contributed by atoms with E-state index in [1.165, 1.54) is 18.7 Å². The summed E-state index contributed by atoms with van der Waals surface area (Å²) in [5.41, 5.74) is 18.7. The first-order chi connectivity index (χ1) is 20.8. The molecule has 0 saturated carbocycles. The van der Waals surface area contributed by atoms with Crippen molar-refractivity contribution in [1.29, 1.82) is 0 Å². The number of nitrogen functional groups attached to an aromatic ring is 2. The number of nitrogens with zero attached hydrogens (tertiary/aromatic N) is 3. The predicted octanol–water partition coefficient (Wildman–Crippen LogP) is 6.15. The molecule has 6 rings (SSSR count). The lowest BCUT2D eigenvalue weighted by atomic mass is 10.00. The Hall–Kier alpha value is -4.29. The minimum absolute atomic E-state index is 0.163. The summed E-state index contributed by atoms with van der Waals surface area (Å²) in [4.78, 5) is 21.1. The summed E-state index contributed by atoms with van der Waals surface area (Å²) in [6.07, 6.45) is 1.70. The predicted molar refractivity (Wildman–Crippen MR) is 167 cm³/mol. The standard InChI is InChI=1S/C26H27N5O3.C6H4F2S/c1-32-34-26-23(27)14-21(15-29-26)19-6-7-24-20(12-19)13-22(25(28)30-24)18-4-2-17(3-5-18)16-31-8-10-33-11-9-31;7-4-1-2-6(9)5(8)3-4/h2-7,12-15H,8-11,16,27H2,1H3,(H2,28,30);1-3,9H. The van der Waals surface area contributed by atoms with E-state index in [1.54, 1.807) is 12.3 Å². The lowest BCUT2D eigenvalue weighted by Crippen LogP contribution is -2.35. The Balaban J connectivity index is 0.000000351. The van der Waals surface area contributed by atoms with Gasteiger partial charge in [0.15, 0.2) is 0 Å². The van der Waals surface area contributed by atoms with E-state index in [-0.39, 0.29) is 10.8 Å². The molecule has 0 amide bonds. The van der Waals surface area contributed by atoms with Gasteiger partial charge in [-0.15, -0.1) is 12.6 Å². The van der Waals surface area contributed by atoms with Crippen LogP contribution in [0.15, 0.2) is 83.9 Å². The molecule has 1 aliphatic heterocycles. The largest absolute Gasteiger partial charge is 0.394 e. The Morgan fingerprint density at radius 1 is 0.907 bits per heavy atom. The minimum Gasteiger partial charge on any atom is -0.394 e. The summed E-state index contributed by atoms with van der Waals surface area (Å²) in [7, 11) is 1.41. The molecule has 1 saturated heterocycles. The van der Waals surface area contributed by atoms with Crippen LogP contribution in [0.3, 0.4) is 0 Å². The molecule has 1 aliphatic rings. The second kappa shape index (κ2) is 13.8. The Kier molecular flexibility index (Phi) is 9.68. The van der Waals surface area contributed by atoms with E-state index in [2.05, 4.69) is 68.8 Å². The molecule has 43 heavy (non-hydrogen) atoms. The van der Waals surface area contributed by atoms with Crippen molar-refractivity contribution in [3.05, 3.63) is 96.2 Å². The molecule has 0 aliphatic carbocycles. The number of benzene rings is 3. The van der Waals surface area contributed by atoms with Gasteiger partial charge in [-0.2, -0.15) is 4.89 Å². The molecule has 2 aromatic heterocycles. The van der Waals surface area contributed by atoms with Gasteiger partial charge in [0, 0.05) is 53.3 Å². The number of fused-ring (bicyclic) bond motifs is 1. The van der Waals surface area contributed by atoms with Gasteiger partial charge < -0.3 is 21.1 Å². The van der Waals surface area contributed by atoms with Crippen LogP contribution in [0.5, 0.6) is 5.88 Å². The monoisotopic (exact) mass is 603 g/mol. The fourth-order valence-electron chi connectivity index (χ4n) is 4.67. The lowest BCUT2D eigenvalue weighted by Gasteiger charge is -2.26. The molecule has 0 atom stereocenters. The van der Waals surface area contributed by atoms with Crippen molar-refractivity contribution in [2.24, 2.45) is 0 Å². The van der Waals surface area contributed by atoms with Crippen molar-refractivity contribution in [1.82, 2.24) is 14.9 Å². The third kappa shape index (κ3) is 7.57. The number of nitrogens with two attached hydrogens (primary N) is 2. The second-order valence-corrected chi connectivity index (χ2v) is 10.4. The number of anilines is 2. The molecule has 3 aromatic carbocycles. The van der Waals surface area contributed by atoms with Crippen LogP contribution < -0.4 is 16.4 Å². The molecular formula is C32H31F2N5O3S. The van der Waals surface area contributed by atoms with Crippen LogP contribution in [-0.4, -0.2) is 48.3 Å². The van der Waals surface area contributed by atoms with Gasteiger partial charge in [0.05, 0.1) is 31.5 Å². The highest BCUT2D eigenvalue weighted by Gasteiger charge is 2.13. The summed E-state index contributed by atoms with van der Waals surface area (Å²) in [6, 6.07) is 21.6. The third-order valence-electron chi connectivity index (χ3n) is 6.90. The Bertz CT molecular complexity index is 1720. The zero-order valence-corrected chi connectivity index (χ0v) is 24.4. The number of rotatable bonds is 6. The number of thiol groups is 1. The van der Waals surface area contributed by atoms with Crippen molar-refractivity contribution < 1.29 is 23.3 Å². The van der Waals surface area contributed by atoms with Gasteiger partial charge in [-0.25, -0.2) is 18.7 Å². The maximum atomic E-state index is 12.3. The van der Waals surface area contributed by atoms with Gasteiger partial charge in [-0.3, -0.25) is 4.90 Å². The molecule has 5 aromatic rings. The van der Waals surface area contributed by atoms with Crippen molar-refractivity contribution in [3.63, 3.8) is 0 Å². The van der Waals surface area contributed by atoms with Crippen LogP contribution in [0, 0.1) is 11.6 Å². The molecule has 3 heterocycles. The van der Waals surface area contributed by atoms with E-state index in [9.17, 15) is 8.78 Å². The van der Waals surface area contributed by atoms with Crippen LogP contribution >= 0.6 is 12.6 Å². The van der Waals surface area contributed by atoms with E-state index in [1.807, 2.05) is 12.1 Å². The van der Waals surface area contributed by atoms with Crippen LogP contribution in [0.2, 0.25) is 0 Å². The number of pyridine rings is 2. The van der Waals surface area contributed by atoms with Crippen LogP contribution in [0.4, 0.5) is 20.3 Å². The van der Waals surface area contributed by atoms with Gasteiger partial charge >= 0.3 is 0 Å². The number of morpholine rings is 1. The molecule has 11 heteroatoms. The highest BCUT2D eigenvalue weighted by atomic mass is 32.1. The first-order valence-corrected chi connectivity index (χ1v) is 14.0. The first-order valence-electron chi connectivity index (χ1n) is 13.5. The van der Waals surface area contributed by atoms with Crippen LogP contribution in [0.25, 0.3) is 33.2 Å². The van der Waals surface area contributed by atoms with E-state index in [0.717, 1.165) is 78.1 Å². The third-order valence-corrected chi connectivity index (χ3v) is 7.27. The maximum Gasteiger partial charge on any atom is 0.279 e. The zero-order chi connectivity index (χ0) is 30.3. The summed E-state index contributed by atoms with van der Waals surface area (Å²) < 4.78 is 29.8. The van der Waals surface area contributed by atoms with E-state index in [0.29, 0.717) is 11.5 Å². The van der Waals surface area contributed by atoms with E-state index in [4.69, 9.17) is 21.1 Å². The normalized spacial score (nSPS) is 13.4. The minimum atomic E-state index is -0.627. The van der Waals surface area contributed by atoms with Gasteiger partial charge in [-0.05, 0) is 53.1 Å². The molecule has 0 bridgehead atoms. The van der Waals surface area contributed by atoms with E-state index >= 15 is 0 Å². The fourth-order valence-corrected chi connectivity index (χ4v) is 4.81. The number of hydrogen-bond acceptors (Lipinski definition) is 9. The quantitative estimate of drug-likeness (QED) is 0.120. The smallest absolute Gasteiger partial charge is 0.279 e. The van der Waals surface area contributed by atoms with Crippen molar-refractivity contribution in [2.75, 3.05) is 44.9 Å². The second-order valence-electron chi connectivity index (χ2n) is 9.88. The Morgan fingerprint density at radius 3 is 2.33 bits per heavy atom. The van der Waals surface area contributed by atoms with Crippen molar-refractivity contribution >= 4 is 35.0 Å². The molecule has 4 N–H and O–H groups in total. The molecule has 8 nitrogen and oxygen atoms in total. The average Bonchev–Trinajstić information content (AvgIpc) is 3.01. The van der Waals surface area contributed by atoms with Crippen molar-refractivity contribution in [2.45, 2.75) is 11.4 Å². The molecule has 0 radical (unpaired) electrons. The number of aromatic nitrogens is 2. The summed E-state index contributed by atoms with van der Waals surface area (Å²) in [6.45, 7) is 4.45. The topological polar surface area (TPSA) is 109 Å². The highest BCUT2D eigenvalue weighted by molar-refractivity contribution is 7.80. The Morgan fingerprint density at radius 2 is 1.65 bits per heavy atom. The zero-order valence-electron chi connectivity index (χ0n) is 23.5. The van der Waals surface area contributed by atoms with Gasteiger partial charge in [-0.1, -0.05) is 30.3 Å². The lowest BCUT2D eigenvalue weighted by molar-refractivity contribution is -0.180. The summed E-state index contributed by atoms with van der Waals surface area (Å²) >= 11 is 3.70. The highest BCUT2D eigenvalue weighted by Crippen LogP contribution is 2.32. The average molecular weight is 604 g/mol. The van der Waals surface area contributed by atoms with Crippen LogP contribution in [0.1, 0.15) is 5.56 Å². The fraction of sp³-hybridized carbons (Fsp3) is 0.188.